The zero-order valence-corrected chi connectivity index (χ0v) is 16.5. The Morgan fingerprint density at radius 1 is 1.17 bits per heavy atom. The predicted octanol–water partition coefficient (Wildman–Crippen LogP) is 2.86. The van der Waals surface area contributed by atoms with Gasteiger partial charge in [0.1, 0.15) is 0 Å². The zero-order chi connectivity index (χ0) is 21.2. The highest BCUT2D eigenvalue weighted by Gasteiger charge is 2.51. The molecule has 1 heterocycles. The highest BCUT2D eigenvalue weighted by molar-refractivity contribution is 6.08. The molecule has 0 aromatic heterocycles. The van der Waals surface area contributed by atoms with E-state index in [0.29, 0.717) is 22.5 Å². The first-order valence-corrected chi connectivity index (χ1v) is 9.24. The predicted molar refractivity (Wildman–Crippen MR) is 110 cm³/mol. The summed E-state index contributed by atoms with van der Waals surface area (Å²) >= 11 is 0. The van der Waals surface area contributed by atoms with E-state index in [-0.39, 0.29) is 18.0 Å². The Balaban J connectivity index is 2.27. The van der Waals surface area contributed by atoms with Crippen LogP contribution in [-0.2, 0) is 19.9 Å². The molecule has 0 spiro atoms. The molecule has 1 atom stereocenters. The third kappa shape index (κ3) is 3.47. The number of primary amides is 1. The van der Waals surface area contributed by atoms with Gasteiger partial charge in [-0.05, 0) is 38.5 Å². The number of ether oxygens (including phenoxy) is 1. The van der Waals surface area contributed by atoms with Crippen LogP contribution in [0.4, 0.5) is 11.4 Å². The number of carbonyl (C=O) groups excluding carboxylic acids is 3. The summed E-state index contributed by atoms with van der Waals surface area (Å²) in [4.78, 5) is 37.5. The van der Waals surface area contributed by atoms with Gasteiger partial charge in [-0.15, -0.1) is 0 Å². The molecule has 29 heavy (non-hydrogen) atoms. The van der Waals surface area contributed by atoms with E-state index in [2.05, 4.69) is 10.6 Å². The number of fused-ring (bicyclic) bond motifs is 1. The first-order chi connectivity index (χ1) is 13.8. The fourth-order valence-corrected chi connectivity index (χ4v) is 3.50. The van der Waals surface area contributed by atoms with Crippen molar-refractivity contribution in [3.63, 3.8) is 0 Å². The third-order valence-corrected chi connectivity index (χ3v) is 4.89. The lowest BCUT2D eigenvalue weighted by molar-refractivity contribution is -0.148. The maximum atomic E-state index is 13.3. The van der Waals surface area contributed by atoms with Gasteiger partial charge in [-0.2, -0.15) is 0 Å². The van der Waals surface area contributed by atoms with E-state index in [1.165, 1.54) is 13.1 Å². The fourth-order valence-electron chi connectivity index (χ4n) is 3.50. The Kier molecular flexibility index (Phi) is 5.41. The van der Waals surface area contributed by atoms with Crippen molar-refractivity contribution in [3.05, 3.63) is 70.9 Å². The lowest BCUT2D eigenvalue weighted by atomic mass is 9.78. The number of carbonyl (C=O) groups is 3. The molecule has 2 aromatic carbocycles. The number of aryl methyl sites for hydroxylation is 1. The van der Waals surface area contributed by atoms with E-state index in [1.807, 2.05) is 13.0 Å². The maximum absolute atomic E-state index is 13.3. The van der Waals surface area contributed by atoms with Crippen LogP contribution < -0.4 is 16.4 Å². The van der Waals surface area contributed by atoms with Gasteiger partial charge in [0.05, 0.1) is 12.2 Å². The van der Waals surface area contributed by atoms with Gasteiger partial charge in [-0.3, -0.25) is 9.59 Å². The number of anilines is 2. The van der Waals surface area contributed by atoms with E-state index in [9.17, 15) is 14.4 Å². The molecule has 0 fully saturated rings. The number of amides is 1. The van der Waals surface area contributed by atoms with Crippen LogP contribution >= 0.6 is 0 Å². The van der Waals surface area contributed by atoms with E-state index in [1.54, 1.807) is 43.3 Å². The summed E-state index contributed by atoms with van der Waals surface area (Å²) < 4.78 is 5.37. The van der Waals surface area contributed by atoms with Crippen LogP contribution in [0.1, 0.15) is 35.3 Å². The molecule has 7 heteroatoms. The number of benzene rings is 2. The Hall–Kier alpha value is -3.61. The van der Waals surface area contributed by atoms with Crippen LogP contribution in [0.2, 0.25) is 0 Å². The molecule has 4 N–H and O–H groups in total. The topological polar surface area (TPSA) is 111 Å². The average molecular weight is 393 g/mol. The van der Waals surface area contributed by atoms with E-state index < -0.39 is 17.4 Å². The van der Waals surface area contributed by atoms with Gasteiger partial charge in [0.2, 0.25) is 5.91 Å². The molecule has 0 saturated carbocycles. The summed E-state index contributed by atoms with van der Waals surface area (Å²) in [6, 6.07) is 12.1. The van der Waals surface area contributed by atoms with Crippen LogP contribution in [0.3, 0.4) is 0 Å². The summed E-state index contributed by atoms with van der Waals surface area (Å²) in [5, 5.41) is 6.22. The molecule has 0 saturated heterocycles. The second-order valence-electron chi connectivity index (χ2n) is 6.80. The van der Waals surface area contributed by atoms with E-state index >= 15 is 0 Å². The molecular weight excluding hydrogens is 370 g/mol. The van der Waals surface area contributed by atoms with Crippen molar-refractivity contribution in [2.24, 2.45) is 5.73 Å². The third-order valence-electron chi connectivity index (χ3n) is 4.89. The maximum Gasteiger partial charge on any atom is 0.341 e. The molecule has 0 aliphatic carbocycles. The lowest BCUT2D eigenvalue weighted by Gasteiger charge is -2.39. The van der Waals surface area contributed by atoms with Gasteiger partial charge in [0.25, 0.3) is 0 Å². The average Bonchev–Trinajstić information content (AvgIpc) is 2.68. The Morgan fingerprint density at radius 2 is 1.90 bits per heavy atom. The molecule has 150 valence electrons. The molecule has 1 amide bonds. The second-order valence-corrected chi connectivity index (χ2v) is 6.80. The number of rotatable bonds is 6. The van der Waals surface area contributed by atoms with Crippen LogP contribution in [0, 0.1) is 6.92 Å². The molecular formula is C22H23N3O4. The Labute approximate surface area is 168 Å². The molecule has 2 aromatic rings. The smallest absolute Gasteiger partial charge is 0.341 e. The highest BCUT2D eigenvalue weighted by Crippen LogP contribution is 2.43. The zero-order valence-electron chi connectivity index (χ0n) is 16.5. The minimum absolute atomic E-state index is 0.0160. The van der Waals surface area contributed by atoms with Gasteiger partial charge in [0.15, 0.2) is 11.3 Å². The molecule has 0 radical (unpaired) electrons. The quantitative estimate of drug-likeness (QED) is 0.514. The standard InChI is InChI=1S/C22H23N3O4/c1-4-29-21(28)22(25-16-9-6-8-15(11-16)14(3)26)17-10-5-7-13(2)19(17)24-12-18(22)20(23)27/h5-12,24-25H,4H2,1-3H3,(H2,23,27). The first kappa shape index (κ1) is 20.1. The minimum Gasteiger partial charge on any atom is -0.464 e. The van der Waals surface area contributed by atoms with Crippen molar-refractivity contribution >= 4 is 29.0 Å². The summed E-state index contributed by atoms with van der Waals surface area (Å²) in [6.07, 6.45) is 1.43. The number of nitrogens with one attached hydrogen (secondary N) is 2. The Morgan fingerprint density at radius 3 is 2.55 bits per heavy atom. The largest absolute Gasteiger partial charge is 0.464 e. The molecule has 1 aliphatic rings. The van der Waals surface area contributed by atoms with Crippen LogP contribution in [0.15, 0.2) is 54.2 Å². The van der Waals surface area contributed by atoms with Crippen molar-refractivity contribution in [1.82, 2.24) is 0 Å². The van der Waals surface area contributed by atoms with Gasteiger partial charge < -0.3 is 21.1 Å². The van der Waals surface area contributed by atoms with Crippen LogP contribution in [-0.4, -0.2) is 24.3 Å². The van der Waals surface area contributed by atoms with Crippen LogP contribution in [0.5, 0.6) is 0 Å². The van der Waals surface area contributed by atoms with Crippen molar-refractivity contribution in [2.75, 3.05) is 17.2 Å². The fraction of sp³-hybridized carbons (Fsp3) is 0.227. The van der Waals surface area contributed by atoms with Gasteiger partial charge in [-0.1, -0.05) is 30.3 Å². The van der Waals surface area contributed by atoms with Gasteiger partial charge >= 0.3 is 5.97 Å². The first-order valence-electron chi connectivity index (χ1n) is 9.24. The van der Waals surface area contributed by atoms with E-state index in [0.717, 1.165) is 5.56 Å². The number of nitrogens with two attached hydrogens (primary N) is 1. The number of hydrogen-bond acceptors (Lipinski definition) is 6. The molecule has 1 aliphatic heterocycles. The van der Waals surface area contributed by atoms with Crippen molar-refractivity contribution in [2.45, 2.75) is 26.3 Å². The van der Waals surface area contributed by atoms with Gasteiger partial charge in [0, 0.05) is 28.7 Å². The summed E-state index contributed by atoms with van der Waals surface area (Å²) in [5.41, 5.74) is 7.04. The van der Waals surface area contributed by atoms with Crippen LogP contribution in [0.25, 0.3) is 0 Å². The summed E-state index contributed by atoms with van der Waals surface area (Å²) in [5.74, 6) is -1.55. The summed E-state index contributed by atoms with van der Waals surface area (Å²) in [7, 11) is 0. The number of Topliss-reactive ketones (excluding diaryl/α,β-unsaturated/α-hetero) is 1. The molecule has 0 bridgehead atoms. The monoisotopic (exact) mass is 393 g/mol. The molecule has 7 nitrogen and oxygen atoms in total. The van der Waals surface area contributed by atoms with Crippen molar-refractivity contribution < 1.29 is 19.1 Å². The SMILES string of the molecule is CCOC(=O)C1(Nc2cccc(C(C)=O)c2)C(C(N)=O)=CNc2c(C)cccc21. The molecule has 1 unspecified atom stereocenters. The lowest BCUT2D eigenvalue weighted by Crippen LogP contribution is -2.51. The number of esters is 1. The number of ketones is 1. The normalized spacial score (nSPS) is 17.4. The van der Waals surface area contributed by atoms with Crippen molar-refractivity contribution in [3.8, 4) is 0 Å². The summed E-state index contributed by atoms with van der Waals surface area (Å²) in [6.45, 7) is 5.16. The van der Waals surface area contributed by atoms with Gasteiger partial charge in [-0.25, -0.2) is 4.79 Å². The minimum atomic E-state index is -1.66. The molecule has 3 rings (SSSR count). The second kappa shape index (κ2) is 7.79. The van der Waals surface area contributed by atoms with E-state index in [4.69, 9.17) is 10.5 Å². The highest BCUT2D eigenvalue weighted by atomic mass is 16.5. The number of hydrogen-bond donors (Lipinski definition) is 3. The number of para-hydroxylation sites is 1. The van der Waals surface area contributed by atoms with Crippen molar-refractivity contribution in [1.29, 1.82) is 0 Å². The Bertz CT molecular complexity index is 1030.